The number of carbonyl (C=O) groups excluding carboxylic acids is 1. The van der Waals surface area contributed by atoms with Crippen LogP contribution in [0.4, 0.5) is 4.79 Å². The summed E-state index contributed by atoms with van der Waals surface area (Å²) in [7, 11) is -4.99. The topological polar surface area (TPSA) is 141 Å². The van der Waals surface area contributed by atoms with Gasteiger partial charge in [0.05, 0.1) is 12.0 Å². The van der Waals surface area contributed by atoms with Crippen LogP contribution in [-0.2, 0) is 14.7 Å². The van der Waals surface area contributed by atoms with Gasteiger partial charge in [0.15, 0.2) is 0 Å². The predicted octanol–water partition coefficient (Wildman–Crippen LogP) is -0.798. The Morgan fingerprint density at radius 2 is 2.04 bits per heavy atom. The van der Waals surface area contributed by atoms with Gasteiger partial charge in [-0.2, -0.15) is 9.35 Å². The average Bonchev–Trinajstić information content (AvgIpc) is 2.97. The summed E-state index contributed by atoms with van der Waals surface area (Å²) in [4.78, 5) is 13.7. The van der Waals surface area contributed by atoms with Gasteiger partial charge in [-0.3, -0.25) is 0 Å². The van der Waals surface area contributed by atoms with E-state index >= 15 is 0 Å². The SMILES string of the molecule is O=C1N2C[C@@H](CC[C@H]2c2nnc(C3CNC3)o2)N1OS(=O)(=O)[O-].[H+]. The van der Waals surface area contributed by atoms with E-state index in [9.17, 15) is 17.8 Å². The van der Waals surface area contributed by atoms with Crippen molar-refractivity contribution < 1.29 is 27.9 Å². The standard InChI is InChI=1S/C11H15N5O6S/c17-11-15-5-7(16(11)22-23(18,19)20)1-2-8(15)10-14-13-9(21-10)6-3-12-4-6/h6-8,12H,1-5H2,(H,18,19,20)/t7-,8+/m1/s1. The zero-order chi connectivity index (χ0) is 16.2. The lowest BCUT2D eigenvalue weighted by molar-refractivity contribution is -0.0328. The number of hydrogen-bond acceptors (Lipinski definition) is 9. The number of fused-ring (bicyclic) bond motifs is 2. The molecular weight excluding hydrogens is 330 g/mol. The molecule has 2 bridgehead atoms. The lowest BCUT2D eigenvalue weighted by Gasteiger charge is -2.27. The molecule has 0 spiro atoms. The van der Waals surface area contributed by atoms with E-state index in [0.717, 1.165) is 13.1 Å². The molecule has 0 unspecified atom stereocenters. The maximum atomic E-state index is 12.3. The molecule has 4 rings (SSSR count). The number of aromatic nitrogens is 2. The van der Waals surface area contributed by atoms with Crippen LogP contribution in [0.5, 0.6) is 0 Å². The van der Waals surface area contributed by atoms with Crippen LogP contribution in [0.2, 0.25) is 0 Å². The Hall–Kier alpha value is -1.76. The lowest BCUT2D eigenvalue weighted by atomic mass is 10.0. The summed E-state index contributed by atoms with van der Waals surface area (Å²) in [5.41, 5.74) is 0. The second-order valence-corrected chi connectivity index (χ2v) is 6.79. The summed E-state index contributed by atoms with van der Waals surface area (Å²) in [6.45, 7) is 1.81. The predicted molar refractivity (Wildman–Crippen MR) is 71.5 cm³/mol. The summed E-state index contributed by atoms with van der Waals surface area (Å²) in [6, 6.07) is -1.58. The van der Waals surface area contributed by atoms with Gasteiger partial charge in [-0.05, 0) is 12.8 Å². The first kappa shape index (κ1) is 14.8. The third kappa shape index (κ3) is 2.56. The van der Waals surface area contributed by atoms with Gasteiger partial charge in [0.2, 0.25) is 22.2 Å². The molecule has 3 aliphatic rings. The zero-order valence-electron chi connectivity index (χ0n) is 12.9. The van der Waals surface area contributed by atoms with E-state index in [1.54, 1.807) is 0 Å². The Balaban J connectivity index is 0.00000169. The molecule has 2 atom stereocenters. The third-order valence-electron chi connectivity index (χ3n) is 4.37. The minimum atomic E-state index is -4.99. The van der Waals surface area contributed by atoms with Crippen molar-refractivity contribution in [2.45, 2.75) is 30.8 Å². The molecular formula is C11H15N5O6S. The van der Waals surface area contributed by atoms with Crippen LogP contribution in [0.3, 0.4) is 0 Å². The van der Waals surface area contributed by atoms with E-state index in [2.05, 4.69) is 19.8 Å². The first-order valence-corrected chi connectivity index (χ1v) is 8.55. The van der Waals surface area contributed by atoms with Crippen LogP contribution in [0.1, 0.15) is 38.0 Å². The normalized spacial score (nSPS) is 28.3. The Kier molecular flexibility index (Phi) is 3.30. The second kappa shape index (κ2) is 5.12. The number of carbonyl (C=O) groups is 1. The summed E-state index contributed by atoms with van der Waals surface area (Å²) < 4.78 is 42.2. The first-order chi connectivity index (χ1) is 10.9. The smallest absolute Gasteiger partial charge is 0.724 e. The fourth-order valence-corrected chi connectivity index (χ4v) is 3.48. The van der Waals surface area contributed by atoms with E-state index in [1.807, 2.05) is 0 Å². The van der Waals surface area contributed by atoms with Crippen molar-refractivity contribution in [3.05, 3.63) is 11.8 Å². The number of nitrogens with one attached hydrogen (secondary N) is 1. The minimum Gasteiger partial charge on any atom is -0.724 e. The van der Waals surface area contributed by atoms with Crippen LogP contribution in [-0.4, -0.2) is 64.8 Å². The molecule has 0 saturated carbocycles. The minimum absolute atomic E-state index is 0. The molecule has 4 heterocycles. The van der Waals surface area contributed by atoms with Gasteiger partial charge >= 0.3 is 7.46 Å². The Morgan fingerprint density at radius 1 is 1.30 bits per heavy atom. The van der Waals surface area contributed by atoms with Gasteiger partial charge < -0.3 is 19.2 Å². The van der Waals surface area contributed by atoms with E-state index in [-0.39, 0.29) is 13.9 Å². The van der Waals surface area contributed by atoms with Gasteiger partial charge in [-0.25, -0.2) is 13.2 Å². The molecule has 1 aromatic heterocycles. The van der Waals surface area contributed by atoms with Crippen molar-refractivity contribution in [1.29, 1.82) is 0 Å². The molecule has 0 aromatic carbocycles. The first-order valence-electron chi connectivity index (χ1n) is 7.21. The molecule has 3 saturated heterocycles. The zero-order valence-corrected chi connectivity index (χ0v) is 12.7. The fraction of sp³-hybridized carbons (Fsp3) is 0.727. The van der Waals surface area contributed by atoms with Crippen molar-refractivity contribution in [2.24, 2.45) is 0 Å². The maximum Gasteiger partial charge on any atom is 1.00 e. The Bertz CT molecular complexity index is 737. The molecule has 3 fully saturated rings. The number of rotatable bonds is 4. The van der Waals surface area contributed by atoms with E-state index < -0.39 is 28.5 Å². The number of hydroxylamine groups is 2. The largest absolute Gasteiger partial charge is 1.00 e. The van der Waals surface area contributed by atoms with Gasteiger partial charge in [0.1, 0.15) is 6.04 Å². The summed E-state index contributed by atoms with van der Waals surface area (Å²) in [6.07, 6.45) is 1.00. The molecule has 3 aliphatic heterocycles. The Morgan fingerprint density at radius 3 is 2.70 bits per heavy atom. The molecule has 0 radical (unpaired) electrons. The molecule has 12 heteroatoms. The van der Waals surface area contributed by atoms with Crippen molar-refractivity contribution >= 4 is 16.4 Å². The number of piperidine rings is 1. The second-order valence-electron chi connectivity index (χ2n) is 5.82. The molecule has 1 aromatic rings. The molecule has 0 aliphatic carbocycles. The van der Waals surface area contributed by atoms with Crippen molar-refractivity contribution in [3.63, 3.8) is 0 Å². The van der Waals surface area contributed by atoms with Crippen LogP contribution in [0.15, 0.2) is 4.42 Å². The highest BCUT2D eigenvalue weighted by Gasteiger charge is 2.48. The van der Waals surface area contributed by atoms with E-state index in [1.165, 1.54) is 4.90 Å². The quantitative estimate of drug-likeness (QED) is 0.548. The highest BCUT2D eigenvalue weighted by molar-refractivity contribution is 7.80. The van der Waals surface area contributed by atoms with Crippen molar-refractivity contribution in [2.75, 3.05) is 19.6 Å². The number of amides is 2. The molecule has 126 valence electrons. The van der Waals surface area contributed by atoms with Gasteiger partial charge in [-0.1, -0.05) is 0 Å². The molecule has 23 heavy (non-hydrogen) atoms. The molecule has 2 amide bonds. The lowest BCUT2D eigenvalue weighted by Crippen LogP contribution is -2.40. The van der Waals surface area contributed by atoms with Crippen LogP contribution < -0.4 is 5.32 Å². The van der Waals surface area contributed by atoms with Gasteiger partial charge in [-0.15, -0.1) is 10.2 Å². The number of urea groups is 1. The van der Waals surface area contributed by atoms with Gasteiger partial charge in [0.25, 0.3) is 0 Å². The average molecular weight is 345 g/mol. The van der Waals surface area contributed by atoms with E-state index in [4.69, 9.17) is 4.42 Å². The third-order valence-corrected chi connectivity index (χ3v) is 4.71. The molecule has 1 N–H and O–H groups in total. The molecule has 11 nitrogen and oxygen atoms in total. The van der Waals surface area contributed by atoms with Crippen molar-refractivity contribution in [1.82, 2.24) is 25.5 Å². The van der Waals surface area contributed by atoms with Crippen LogP contribution in [0.25, 0.3) is 0 Å². The summed E-state index contributed by atoms with van der Waals surface area (Å²) in [5.74, 6) is 1.04. The summed E-state index contributed by atoms with van der Waals surface area (Å²) in [5, 5.41) is 11.8. The maximum absolute atomic E-state index is 12.3. The van der Waals surface area contributed by atoms with Gasteiger partial charge in [0, 0.05) is 19.6 Å². The summed E-state index contributed by atoms with van der Waals surface area (Å²) >= 11 is 0. The Labute approximate surface area is 133 Å². The fourth-order valence-electron chi connectivity index (χ4n) is 3.09. The van der Waals surface area contributed by atoms with Crippen LogP contribution in [0, 0.1) is 0 Å². The number of hydrogen-bond donors (Lipinski definition) is 1. The van der Waals surface area contributed by atoms with Crippen molar-refractivity contribution in [3.8, 4) is 0 Å². The number of nitrogens with zero attached hydrogens (tertiary/aromatic N) is 4. The van der Waals surface area contributed by atoms with Crippen LogP contribution >= 0.6 is 0 Å². The van der Waals surface area contributed by atoms with E-state index in [0.29, 0.717) is 29.7 Å². The monoisotopic (exact) mass is 345 g/mol. The highest BCUT2D eigenvalue weighted by atomic mass is 32.3. The highest BCUT2D eigenvalue weighted by Crippen LogP contribution is 2.38.